The SMILES string of the molecule is C1CCC(C2CCC(C3C4CCCCC4C(C4CCC5CCCCC5C4)C4CC(C5CCCCC5)CCC43)CC2)CC1. The highest BCUT2D eigenvalue weighted by Gasteiger charge is 2.56. The van der Waals surface area contributed by atoms with E-state index in [9.17, 15) is 0 Å². The van der Waals surface area contributed by atoms with Gasteiger partial charge in [0.15, 0.2) is 0 Å². The van der Waals surface area contributed by atoms with Crippen LogP contribution in [0, 0.1) is 82.9 Å². The molecule has 42 heavy (non-hydrogen) atoms. The van der Waals surface area contributed by atoms with Crippen LogP contribution < -0.4 is 0 Å². The molecule has 8 aliphatic rings. The smallest absolute Gasteiger partial charge is 0.0323 e. The van der Waals surface area contributed by atoms with Gasteiger partial charge in [-0.3, -0.25) is 0 Å². The number of rotatable bonds is 4. The summed E-state index contributed by atoms with van der Waals surface area (Å²) in [5.41, 5.74) is 0. The Kier molecular flexibility index (Phi) is 9.37. The van der Waals surface area contributed by atoms with E-state index >= 15 is 0 Å². The molecule has 0 nitrogen and oxygen atoms in total. The summed E-state index contributed by atoms with van der Waals surface area (Å²) in [7, 11) is 0. The fourth-order valence-corrected chi connectivity index (χ4v) is 15.3. The van der Waals surface area contributed by atoms with Gasteiger partial charge >= 0.3 is 0 Å². The minimum absolute atomic E-state index is 1.11. The van der Waals surface area contributed by atoms with Gasteiger partial charge < -0.3 is 0 Å². The minimum Gasteiger partial charge on any atom is -0.0533 e. The Balaban J connectivity index is 1.05. The summed E-state index contributed by atoms with van der Waals surface area (Å²) in [6, 6.07) is 0. The van der Waals surface area contributed by atoms with Crippen molar-refractivity contribution < 1.29 is 0 Å². The molecule has 238 valence electrons. The van der Waals surface area contributed by atoms with E-state index in [2.05, 4.69) is 0 Å². The fraction of sp³-hybridized carbons (Fsp3) is 1.00. The molecule has 8 fully saturated rings. The van der Waals surface area contributed by atoms with Gasteiger partial charge in [0, 0.05) is 0 Å². The van der Waals surface area contributed by atoms with Gasteiger partial charge in [-0.25, -0.2) is 0 Å². The molecule has 0 radical (unpaired) electrons. The molecule has 8 aliphatic carbocycles. The topological polar surface area (TPSA) is 0 Å². The molecule has 8 rings (SSSR count). The molecule has 0 aromatic carbocycles. The van der Waals surface area contributed by atoms with E-state index in [0.29, 0.717) is 0 Å². The second kappa shape index (κ2) is 13.4. The van der Waals surface area contributed by atoms with Crippen LogP contribution in [0.4, 0.5) is 0 Å². The summed E-state index contributed by atoms with van der Waals surface area (Å²) >= 11 is 0. The molecule has 0 N–H and O–H groups in total. The lowest BCUT2D eigenvalue weighted by atomic mass is 9.43. The maximum atomic E-state index is 1.70. The van der Waals surface area contributed by atoms with Crippen molar-refractivity contribution in [2.45, 2.75) is 180 Å². The molecule has 10 atom stereocenters. The van der Waals surface area contributed by atoms with Gasteiger partial charge in [0.25, 0.3) is 0 Å². The summed E-state index contributed by atoms with van der Waals surface area (Å²) < 4.78 is 0. The Morgan fingerprint density at radius 2 is 0.548 bits per heavy atom. The van der Waals surface area contributed by atoms with Crippen molar-refractivity contribution in [3.8, 4) is 0 Å². The van der Waals surface area contributed by atoms with Crippen molar-refractivity contribution in [1.29, 1.82) is 0 Å². The van der Waals surface area contributed by atoms with Gasteiger partial charge in [-0.2, -0.15) is 0 Å². The Bertz CT molecular complexity index is 838. The monoisotopic (exact) mass is 575 g/mol. The Labute approximate surface area is 262 Å². The first-order valence-electron chi connectivity index (χ1n) is 20.8. The van der Waals surface area contributed by atoms with Crippen molar-refractivity contribution in [2.24, 2.45) is 82.9 Å². The summed E-state index contributed by atoms with van der Waals surface area (Å²) in [5, 5.41) is 0. The van der Waals surface area contributed by atoms with Crippen molar-refractivity contribution in [3.63, 3.8) is 0 Å². The first-order valence-corrected chi connectivity index (χ1v) is 20.8. The van der Waals surface area contributed by atoms with Gasteiger partial charge in [0.2, 0.25) is 0 Å². The van der Waals surface area contributed by atoms with Crippen LogP contribution in [-0.2, 0) is 0 Å². The number of hydrogen-bond donors (Lipinski definition) is 0. The summed E-state index contributed by atoms with van der Waals surface area (Å²) in [5.74, 6) is 15.8. The average Bonchev–Trinajstić information content (AvgIpc) is 3.07. The predicted molar refractivity (Wildman–Crippen MR) is 178 cm³/mol. The van der Waals surface area contributed by atoms with E-state index in [1.54, 1.807) is 167 Å². The van der Waals surface area contributed by atoms with Crippen LogP contribution in [0.25, 0.3) is 0 Å². The van der Waals surface area contributed by atoms with Crippen LogP contribution in [0.5, 0.6) is 0 Å². The molecular weight excluding hydrogens is 504 g/mol. The van der Waals surface area contributed by atoms with E-state index in [1.165, 1.54) is 12.8 Å². The lowest BCUT2D eigenvalue weighted by molar-refractivity contribution is -0.130. The van der Waals surface area contributed by atoms with Gasteiger partial charge in [0.05, 0.1) is 0 Å². The van der Waals surface area contributed by atoms with Crippen LogP contribution >= 0.6 is 0 Å². The van der Waals surface area contributed by atoms with Crippen LogP contribution in [-0.4, -0.2) is 0 Å². The highest BCUT2D eigenvalue weighted by atomic mass is 14.6. The standard InChI is InChI=1S/C42H70/c1-3-11-29(12-4-1)32-19-22-33(23-20-32)41-37-17-9-10-18-38(37)42(36-24-21-31-15-7-8-16-34(31)27-36)40-28-35(25-26-39(40)41)30-13-5-2-6-14-30/h29-42H,1-28H2. The quantitative estimate of drug-likeness (QED) is 0.313. The third kappa shape index (κ3) is 5.85. The number of hydrogen-bond acceptors (Lipinski definition) is 0. The average molecular weight is 575 g/mol. The minimum atomic E-state index is 1.11. The van der Waals surface area contributed by atoms with Gasteiger partial charge in [-0.1, -0.05) is 103 Å². The normalized spacial score (nSPS) is 49.4. The van der Waals surface area contributed by atoms with Gasteiger partial charge in [-0.05, 0) is 160 Å². The van der Waals surface area contributed by atoms with Crippen molar-refractivity contribution in [3.05, 3.63) is 0 Å². The lowest BCUT2D eigenvalue weighted by Gasteiger charge is -2.62. The maximum absolute atomic E-state index is 1.70. The van der Waals surface area contributed by atoms with Crippen molar-refractivity contribution >= 4 is 0 Å². The molecule has 0 bridgehead atoms. The molecule has 10 unspecified atom stereocenters. The van der Waals surface area contributed by atoms with Crippen LogP contribution in [0.15, 0.2) is 0 Å². The third-order valence-corrected chi connectivity index (χ3v) is 17.0. The van der Waals surface area contributed by atoms with Crippen molar-refractivity contribution in [2.75, 3.05) is 0 Å². The first kappa shape index (κ1) is 29.4. The van der Waals surface area contributed by atoms with Crippen LogP contribution in [0.3, 0.4) is 0 Å². The Morgan fingerprint density at radius 1 is 0.190 bits per heavy atom. The Hall–Kier alpha value is 0. The van der Waals surface area contributed by atoms with E-state index in [1.807, 2.05) is 0 Å². The summed E-state index contributed by atoms with van der Waals surface area (Å²) in [6.45, 7) is 0. The second-order valence-corrected chi connectivity index (χ2v) is 18.5. The summed E-state index contributed by atoms with van der Waals surface area (Å²) in [6.07, 6.45) is 44.9. The maximum Gasteiger partial charge on any atom is -0.0323 e. The van der Waals surface area contributed by atoms with E-state index in [0.717, 1.165) is 82.9 Å². The second-order valence-electron chi connectivity index (χ2n) is 18.5. The van der Waals surface area contributed by atoms with Crippen LogP contribution in [0.1, 0.15) is 180 Å². The zero-order chi connectivity index (χ0) is 27.9. The highest BCUT2D eigenvalue weighted by Crippen LogP contribution is 2.64. The fourth-order valence-electron chi connectivity index (χ4n) is 15.3. The largest absolute Gasteiger partial charge is 0.0533 e. The van der Waals surface area contributed by atoms with Crippen molar-refractivity contribution in [1.82, 2.24) is 0 Å². The lowest BCUT2D eigenvalue weighted by Crippen LogP contribution is -2.55. The zero-order valence-corrected chi connectivity index (χ0v) is 27.9. The molecule has 0 saturated heterocycles. The third-order valence-electron chi connectivity index (χ3n) is 17.0. The summed E-state index contributed by atoms with van der Waals surface area (Å²) in [4.78, 5) is 0. The van der Waals surface area contributed by atoms with Gasteiger partial charge in [0.1, 0.15) is 0 Å². The molecule has 0 aliphatic heterocycles. The molecule has 0 aromatic rings. The van der Waals surface area contributed by atoms with E-state index < -0.39 is 0 Å². The number of fused-ring (bicyclic) bond motifs is 3. The molecule has 0 heterocycles. The predicted octanol–water partition coefficient (Wildman–Crippen LogP) is 12.6. The highest BCUT2D eigenvalue weighted by molar-refractivity contribution is 5.05. The zero-order valence-electron chi connectivity index (χ0n) is 27.9. The van der Waals surface area contributed by atoms with Gasteiger partial charge in [-0.15, -0.1) is 0 Å². The first-order chi connectivity index (χ1) is 20.8. The molecule has 0 amide bonds. The molecular formula is C42H70. The van der Waals surface area contributed by atoms with E-state index in [4.69, 9.17) is 0 Å². The van der Waals surface area contributed by atoms with E-state index in [-0.39, 0.29) is 0 Å². The molecule has 0 spiro atoms. The molecule has 8 saturated carbocycles. The molecule has 0 aromatic heterocycles. The molecule has 0 heteroatoms. The van der Waals surface area contributed by atoms with Crippen LogP contribution in [0.2, 0.25) is 0 Å². The Morgan fingerprint density at radius 3 is 1.19 bits per heavy atom.